The molecule has 0 saturated heterocycles. The molecule has 0 aliphatic carbocycles. The second-order valence-electron chi connectivity index (χ2n) is 5.59. The van der Waals surface area contributed by atoms with Crippen LogP contribution in [0, 0.1) is 0 Å². The van der Waals surface area contributed by atoms with E-state index < -0.39 is 9.84 Å². The molecule has 0 aliphatic rings. The van der Waals surface area contributed by atoms with Gasteiger partial charge in [-0.05, 0) is 60.2 Å². The molecule has 6 heteroatoms. The lowest BCUT2D eigenvalue weighted by atomic mass is 10.2. The smallest absolute Gasteiger partial charge is 0.175 e. The fourth-order valence-corrected chi connectivity index (χ4v) is 2.92. The molecule has 0 aliphatic heterocycles. The fraction of sp³-hybridized carbons (Fsp3) is 0.105. The van der Waals surface area contributed by atoms with E-state index in [-0.39, 0.29) is 4.90 Å². The highest BCUT2D eigenvalue weighted by molar-refractivity contribution is 7.90. The van der Waals surface area contributed by atoms with Gasteiger partial charge in [0.2, 0.25) is 0 Å². The Hall–Kier alpha value is -2.86. The highest BCUT2D eigenvalue weighted by Crippen LogP contribution is 2.22. The third-order valence-electron chi connectivity index (χ3n) is 3.56. The number of rotatable bonds is 6. The number of nitrogens with zero attached hydrogens (tertiary/aromatic N) is 1. The van der Waals surface area contributed by atoms with E-state index in [0.717, 1.165) is 17.0 Å². The first-order valence-corrected chi connectivity index (χ1v) is 9.59. The SMILES string of the molecule is CS(=O)(=O)c1cccc(Nc2ccc(OCc3ccncc3)cc2)c1. The van der Waals surface area contributed by atoms with Crippen LogP contribution in [0.2, 0.25) is 0 Å². The maximum atomic E-state index is 11.6. The van der Waals surface area contributed by atoms with Gasteiger partial charge in [-0.3, -0.25) is 4.98 Å². The van der Waals surface area contributed by atoms with Crippen LogP contribution in [0.25, 0.3) is 0 Å². The molecule has 25 heavy (non-hydrogen) atoms. The Kier molecular flexibility index (Phi) is 5.00. The zero-order valence-electron chi connectivity index (χ0n) is 13.7. The largest absolute Gasteiger partial charge is 0.489 e. The van der Waals surface area contributed by atoms with Gasteiger partial charge in [0.1, 0.15) is 12.4 Å². The molecule has 128 valence electrons. The number of benzene rings is 2. The summed E-state index contributed by atoms with van der Waals surface area (Å²) in [5, 5.41) is 3.19. The Labute approximate surface area is 147 Å². The van der Waals surface area contributed by atoms with Crippen molar-refractivity contribution in [3.8, 4) is 5.75 Å². The van der Waals surface area contributed by atoms with Crippen LogP contribution < -0.4 is 10.1 Å². The molecule has 0 radical (unpaired) electrons. The van der Waals surface area contributed by atoms with Crippen LogP contribution in [0.15, 0.2) is 78.0 Å². The van der Waals surface area contributed by atoms with Crippen molar-refractivity contribution in [1.29, 1.82) is 0 Å². The molecule has 0 spiro atoms. The molecular weight excluding hydrogens is 336 g/mol. The molecule has 3 rings (SSSR count). The molecule has 2 aromatic carbocycles. The highest BCUT2D eigenvalue weighted by atomic mass is 32.2. The van der Waals surface area contributed by atoms with E-state index in [9.17, 15) is 8.42 Å². The maximum absolute atomic E-state index is 11.6. The summed E-state index contributed by atoms with van der Waals surface area (Å²) < 4.78 is 29.0. The van der Waals surface area contributed by atoms with Crippen molar-refractivity contribution >= 4 is 21.2 Å². The lowest BCUT2D eigenvalue weighted by Crippen LogP contribution is -1.98. The number of sulfone groups is 1. The van der Waals surface area contributed by atoms with Gasteiger partial charge in [-0.25, -0.2) is 8.42 Å². The van der Waals surface area contributed by atoms with E-state index in [1.165, 1.54) is 6.26 Å². The Bertz CT molecular complexity index is 940. The first-order chi connectivity index (χ1) is 12.0. The molecule has 3 aromatic rings. The zero-order chi connectivity index (χ0) is 17.7. The standard InChI is InChI=1S/C19H18N2O3S/c1-25(22,23)19-4-2-3-17(13-19)21-16-5-7-18(8-6-16)24-14-15-9-11-20-12-10-15/h2-13,21H,14H2,1H3. The molecule has 0 bridgehead atoms. The first kappa shape index (κ1) is 17.0. The molecule has 0 atom stereocenters. The highest BCUT2D eigenvalue weighted by Gasteiger charge is 2.07. The average molecular weight is 354 g/mol. The van der Waals surface area contributed by atoms with E-state index in [2.05, 4.69) is 10.3 Å². The van der Waals surface area contributed by atoms with Gasteiger partial charge in [0.05, 0.1) is 4.90 Å². The van der Waals surface area contributed by atoms with Crippen LogP contribution >= 0.6 is 0 Å². The van der Waals surface area contributed by atoms with Crippen molar-refractivity contribution in [2.75, 3.05) is 11.6 Å². The summed E-state index contributed by atoms with van der Waals surface area (Å²) in [4.78, 5) is 4.26. The van der Waals surface area contributed by atoms with Gasteiger partial charge in [0.25, 0.3) is 0 Å². The predicted molar refractivity (Wildman–Crippen MR) is 97.8 cm³/mol. The Morgan fingerprint density at radius 3 is 2.36 bits per heavy atom. The third-order valence-corrected chi connectivity index (χ3v) is 4.67. The van der Waals surface area contributed by atoms with Crippen LogP contribution in [-0.2, 0) is 16.4 Å². The zero-order valence-corrected chi connectivity index (χ0v) is 14.5. The molecule has 1 N–H and O–H groups in total. The van der Waals surface area contributed by atoms with Gasteiger partial charge in [-0.15, -0.1) is 0 Å². The van der Waals surface area contributed by atoms with E-state index in [0.29, 0.717) is 12.3 Å². The molecular formula is C19H18N2O3S. The van der Waals surface area contributed by atoms with Crippen molar-refractivity contribution in [1.82, 2.24) is 4.98 Å². The number of aromatic nitrogens is 1. The van der Waals surface area contributed by atoms with E-state index >= 15 is 0 Å². The normalized spacial score (nSPS) is 11.1. The molecule has 5 nitrogen and oxygen atoms in total. The summed E-state index contributed by atoms with van der Waals surface area (Å²) >= 11 is 0. The van der Waals surface area contributed by atoms with Crippen LogP contribution in [0.5, 0.6) is 5.75 Å². The lowest BCUT2D eigenvalue weighted by molar-refractivity contribution is 0.306. The van der Waals surface area contributed by atoms with Gasteiger partial charge in [-0.2, -0.15) is 0 Å². The van der Waals surface area contributed by atoms with E-state index in [1.807, 2.05) is 42.5 Å². The van der Waals surface area contributed by atoms with Crippen LogP contribution in [0.4, 0.5) is 11.4 Å². The predicted octanol–water partition coefficient (Wildman–Crippen LogP) is 3.81. The maximum Gasteiger partial charge on any atom is 0.175 e. The lowest BCUT2D eigenvalue weighted by Gasteiger charge is -2.10. The number of ether oxygens (including phenoxy) is 1. The number of nitrogens with one attached hydrogen (secondary N) is 1. The molecule has 0 fully saturated rings. The Morgan fingerprint density at radius 1 is 0.960 bits per heavy atom. The summed E-state index contributed by atoms with van der Waals surface area (Å²) in [6.07, 6.45) is 4.66. The minimum absolute atomic E-state index is 0.287. The summed E-state index contributed by atoms with van der Waals surface area (Å²) in [6, 6.07) is 18.0. The van der Waals surface area contributed by atoms with E-state index in [1.54, 1.807) is 30.6 Å². The Morgan fingerprint density at radius 2 is 1.68 bits per heavy atom. The first-order valence-electron chi connectivity index (χ1n) is 7.70. The van der Waals surface area contributed by atoms with Crippen molar-refractivity contribution in [2.24, 2.45) is 0 Å². The molecule has 1 heterocycles. The van der Waals surface area contributed by atoms with Crippen molar-refractivity contribution in [3.63, 3.8) is 0 Å². The summed E-state index contributed by atoms with van der Waals surface area (Å²) in [7, 11) is -3.22. The monoisotopic (exact) mass is 354 g/mol. The Balaban J connectivity index is 1.65. The van der Waals surface area contributed by atoms with Gasteiger partial charge >= 0.3 is 0 Å². The van der Waals surface area contributed by atoms with Gasteiger partial charge in [-0.1, -0.05) is 6.07 Å². The van der Waals surface area contributed by atoms with E-state index in [4.69, 9.17) is 4.74 Å². The van der Waals surface area contributed by atoms with Crippen LogP contribution in [0.3, 0.4) is 0 Å². The van der Waals surface area contributed by atoms with Crippen molar-refractivity contribution in [2.45, 2.75) is 11.5 Å². The average Bonchev–Trinajstić information content (AvgIpc) is 2.62. The summed E-state index contributed by atoms with van der Waals surface area (Å²) in [6.45, 7) is 0.478. The van der Waals surface area contributed by atoms with Gasteiger partial charge in [0.15, 0.2) is 9.84 Å². The second kappa shape index (κ2) is 7.36. The quantitative estimate of drug-likeness (QED) is 0.729. The van der Waals surface area contributed by atoms with Gasteiger partial charge < -0.3 is 10.1 Å². The second-order valence-corrected chi connectivity index (χ2v) is 7.61. The molecule has 0 saturated carbocycles. The number of pyridine rings is 1. The molecule has 0 unspecified atom stereocenters. The van der Waals surface area contributed by atoms with Crippen molar-refractivity contribution in [3.05, 3.63) is 78.6 Å². The summed E-state index contributed by atoms with van der Waals surface area (Å²) in [5.74, 6) is 0.757. The van der Waals surface area contributed by atoms with Gasteiger partial charge in [0, 0.05) is 30.0 Å². The van der Waals surface area contributed by atoms with Crippen LogP contribution in [0.1, 0.15) is 5.56 Å². The molecule has 0 amide bonds. The number of hydrogen-bond acceptors (Lipinski definition) is 5. The van der Waals surface area contributed by atoms with Crippen molar-refractivity contribution < 1.29 is 13.2 Å². The number of anilines is 2. The number of hydrogen-bond donors (Lipinski definition) is 1. The fourth-order valence-electron chi connectivity index (χ4n) is 2.25. The summed E-state index contributed by atoms with van der Waals surface area (Å²) in [5.41, 5.74) is 2.62. The van der Waals surface area contributed by atoms with Crippen LogP contribution in [-0.4, -0.2) is 19.7 Å². The third kappa shape index (κ3) is 4.81. The minimum atomic E-state index is -3.22. The topological polar surface area (TPSA) is 68.3 Å². The minimum Gasteiger partial charge on any atom is -0.489 e. The molecule has 1 aromatic heterocycles.